The van der Waals surface area contributed by atoms with Crippen LogP contribution in [-0.4, -0.2) is 28.8 Å². The van der Waals surface area contributed by atoms with Crippen molar-refractivity contribution >= 4 is 17.1 Å². The Morgan fingerprint density at radius 3 is 3.12 bits per heavy atom. The standard InChI is InChI=1S/C13H20N2OS/c1-3-15-7-5-4-6-12(15)13-14-9-11(17-13)8-10(2)16/h9,12H,3-8H2,1-2H3. The van der Waals surface area contributed by atoms with Crippen LogP contribution in [0.5, 0.6) is 0 Å². The summed E-state index contributed by atoms with van der Waals surface area (Å²) in [5.74, 6) is 0.219. The number of nitrogens with zero attached hydrogens (tertiary/aromatic N) is 2. The summed E-state index contributed by atoms with van der Waals surface area (Å²) in [4.78, 5) is 19.2. The SMILES string of the molecule is CCN1CCCCC1c1ncc(CC(C)=O)s1. The summed E-state index contributed by atoms with van der Waals surface area (Å²) in [6.45, 7) is 6.12. The molecular formula is C13H20N2OS. The summed E-state index contributed by atoms with van der Waals surface area (Å²) in [5.41, 5.74) is 0. The first-order chi connectivity index (χ1) is 8.20. The van der Waals surface area contributed by atoms with Crippen LogP contribution in [0.2, 0.25) is 0 Å². The smallest absolute Gasteiger partial charge is 0.135 e. The maximum Gasteiger partial charge on any atom is 0.135 e. The Morgan fingerprint density at radius 2 is 2.41 bits per heavy atom. The summed E-state index contributed by atoms with van der Waals surface area (Å²) < 4.78 is 0. The zero-order valence-electron chi connectivity index (χ0n) is 10.6. The molecule has 3 nitrogen and oxygen atoms in total. The lowest BCUT2D eigenvalue weighted by atomic mass is 10.0. The number of piperidine rings is 1. The Kier molecular flexibility index (Phi) is 4.29. The lowest BCUT2D eigenvalue weighted by Gasteiger charge is -2.33. The predicted molar refractivity (Wildman–Crippen MR) is 70.3 cm³/mol. The van der Waals surface area contributed by atoms with Crippen molar-refractivity contribution in [1.29, 1.82) is 0 Å². The summed E-state index contributed by atoms with van der Waals surface area (Å²) in [6, 6.07) is 0.486. The van der Waals surface area contributed by atoms with Crippen LogP contribution in [-0.2, 0) is 11.2 Å². The fourth-order valence-electron chi connectivity index (χ4n) is 2.45. The monoisotopic (exact) mass is 252 g/mol. The summed E-state index contributed by atoms with van der Waals surface area (Å²) in [5, 5.41) is 1.20. The van der Waals surface area contributed by atoms with Crippen molar-refractivity contribution in [3.05, 3.63) is 16.1 Å². The van der Waals surface area contributed by atoms with Crippen LogP contribution in [0.3, 0.4) is 0 Å². The third kappa shape index (κ3) is 3.13. The summed E-state index contributed by atoms with van der Waals surface area (Å²) in [7, 11) is 0. The van der Waals surface area contributed by atoms with Gasteiger partial charge in [0.1, 0.15) is 10.8 Å². The summed E-state index contributed by atoms with van der Waals surface area (Å²) >= 11 is 1.71. The fourth-order valence-corrected chi connectivity index (χ4v) is 3.61. The average molecular weight is 252 g/mol. The molecule has 0 aliphatic carbocycles. The number of carbonyl (C=O) groups excluding carboxylic acids is 1. The van der Waals surface area contributed by atoms with Crippen molar-refractivity contribution in [2.24, 2.45) is 0 Å². The fraction of sp³-hybridized carbons (Fsp3) is 0.692. The zero-order chi connectivity index (χ0) is 12.3. The molecule has 1 atom stereocenters. The van der Waals surface area contributed by atoms with Crippen molar-refractivity contribution in [3.63, 3.8) is 0 Å². The van der Waals surface area contributed by atoms with E-state index < -0.39 is 0 Å². The van der Waals surface area contributed by atoms with Gasteiger partial charge in [-0.25, -0.2) is 4.98 Å². The molecular weight excluding hydrogens is 232 g/mol. The van der Waals surface area contributed by atoms with Gasteiger partial charge in [0.15, 0.2) is 0 Å². The van der Waals surface area contributed by atoms with E-state index in [-0.39, 0.29) is 5.78 Å². The second-order valence-electron chi connectivity index (χ2n) is 4.68. The minimum atomic E-state index is 0.219. The molecule has 0 spiro atoms. The number of thiazole rings is 1. The molecule has 1 saturated heterocycles. The predicted octanol–water partition coefficient (Wildman–Crippen LogP) is 2.82. The molecule has 0 N–H and O–H groups in total. The van der Waals surface area contributed by atoms with Gasteiger partial charge in [0.2, 0.25) is 0 Å². The van der Waals surface area contributed by atoms with Crippen LogP contribution in [0.15, 0.2) is 6.20 Å². The second kappa shape index (κ2) is 5.74. The highest BCUT2D eigenvalue weighted by Gasteiger charge is 2.25. The molecule has 2 heterocycles. The van der Waals surface area contributed by atoms with E-state index >= 15 is 0 Å². The quantitative estimate of drug-likeness (QED) is 0.826. The van der Waals surface area contributed by atoms with Crippen LogP contribution in [0.4, 0.5) is 0 Å². The van der Waals surface area contributed by atoms with E-state index in [1.807, 2.05) is 6.20 Å². The number of aromatic nitrogens is 1. The maximum atomic E-state index is 11.1. The number of rotatable bonds is 4. The maximum absolute atomic E-state index is 11.1. The molecule has 1 fully saturated rings. The molecule has 1 aliphatic heterocycles. The van der Waals surface area contributed by atoms with Crippen molar-refractivity contribution in [2.45, 2.75) is 45.6 Å². The molecule has 0 amide bonds. The van der Waals surface area contributed by atoms with Gasteiger partial charge in [0.25, 0.3) is 0 Å². The van der Waals surface area contributed by atoms with E-state index in [2.05, 4.69) is 16.8 Å². The van der Waals surface area contributed by atoms with E-state index in [1.165, 1.54) is 30.8 Å². The summed E-state index contributed by atoms with van der Waals surface area (Å²) in [6.07, 6.45) is 6.22. The van der Waals surface area contributed by atoms with Gasteiger partial charge in [-0.15, -0.1) is 11.3 Å². The Morgan fingerprint density at radius 1 is 1.59 bits per heavy atom. The number of likely N-dealkylation sites (tertiary alicyclic amines) is 1. The van der Waals surface area contributed by atoms with Gasteiger partial charge < -0.3 is 0 Å². The first kappa shape index (κ1) is 12.7. The molecule has 0 saturated carbocycles. The number of ketones is 1. The minimum Gasteiger partial charge on any atom is -0.300 e. The van der Waals surface area contributed by atoms with E-state index in [1.54, 1.807) is 18.3 Å². The molecule has 1 aromatic rings. The molecule has 1 unspecified atom stereocenters. The topological polar surface area (TPSA) is 33.2 Å². The minimum absolute atomic E-state index is 0.219. The number of hydrogen-bond donors (Lipinski definition) is 0. The molecule has 1 aromatic heterocycles. The third-order valence-corrected chi connectivity index (χ3v) is 4.40. The van der Waals surface area contributed by atoms with Gasteiger partial charge in [-0.2, -0.15) is 0 Å². The van der Waals surface area contributed by atoms with Gasteiger partial charge in [-0.05, 0) is 32.9 Å². The van der Waals surface area contributed by atoms with Gasteiger partial charge in [0, 0.05) is 17.5 Å². The first-order valence-corrected chi connectivity index (χ1v) is 7.20. The molecule has 0 bridgehead atoms. The Labute approximate surface area is 107 Å². The lowest BCUT2D eigenvalue weighted by molar-refractivity contribution is -0.116. The lowest BCUT2D eigenvalue weighted by Crippen LogP contribution is -2.32. The number of carbonyl (C=O) groups is 1. The number of hydrogen-bond acceptors (Lipinski definition) is 4. The van der Waals surface area contributed by atoms with Gasteiger partial charge >= 0.3 is 0 Å². The van der Waals surface area contributed by atoms with Crippen molar-refractivity contribution < 1.29 is 4.79 Å². The van der Waals surface area contributed by atoms with Crippen LogP contribution in [0.25, 0.3) is 0 Å². The normalized spacial score (nSPS) is 21.6. The molecule has 1 aliphatic rings. The Hall–Kier alpha value is -0.740. The Balaban J connectivity index is 2.09. The molecule has 0 radical (unpaired) electrons. The van der Waals surface area contributed by atoms with Crippen LogP contribution in [0, 0.1) is 0 Å². The van der Waals surface area contributed by atoms with E-state index in [0.717, 1.165) is 11.4 Å². The van der Waals surface area contributed by atoms with Crippen LogP contribution >= 0.6 is 11.3 Å². The average Bonchev–Trinajstić information content (AvgIpc) is 2.76. The van der Waals surface area contributed by atoms with Gasteiger partial charge in [-0.3, -0.25) is 9.69 Å². The van der Waals surface area contributed by atoms with Crippen molar-refractivity contribution in [1.82, 2.24) is 9.88 Å². The third-order valence-electron chi connectivity index (χ3n) is 3.30. The highest BCUT2D eigenvalue weighted by atomic mass is 32.1. The van der Waals surface area contributed by atoms with Crippen LogP contribution in [0.1, 0.15) is 49.0 Å². The van der Waals surface area contributed by atoms with E-state index in [9.17, 15) is 4.79 Å². The van der Waals surface area contributed by atoms with Crippen molar-refractivity contribution in [3.8, 4) is 0 Å². The first-order valence-electron chi connectivity index (χ1n) is 6.38. The second-order valence-corrected chi connectivity index (χ2v) is 5.83. The zero-order valence-corrected chi connectivity index (χ0v) is 11.4. The molecule has 0 aromatic carbocycles. The van der Waals surface area contributed by atoms with Gasteiger partial charge in [0.05, 0.1) is 6.04 Å². The Bertz CT molecular complexity index is 389. The van der Waals surface area contributed by atoms with Crippen LogP contribution < -0.4 is 0 Å². The largest absolute Gasteiger partial charge is 0.300 e. The molecule has 2 rings (SSSR count). The van der Waals surface area contributed by atoms with E-state index in [4.69, 9.17) is 0 Å². The van der Waals surface area contributed by atoms with Gasteiger partial charge in [-0.1, -0.05) is 13.3 Å². The highest BCUT2D eigenvalue weighted by molar-refractivity contribution is 7.11. The van der Waals surface area contributed by atoms with E-state index in [0.29, 0.717) is 12.5 Å². The molecule has 4 heteroatoms. The van der Waals surface area contributed by atoms with Crippen molar-refractivity contribution in [2.75, 3.05) is 13.1 Å². The highest BCUT2D eigenvalue weighted by Crippen LogP contribution is 2.33. The molecule has 94 valence electrons. The number of Topliss-reactive ketones (excluding diaryl/α,β-unsaturated/α-hetero) is 1. The molecule has 17 heavy (non-hydrogen) atoms.